The van der Waals surface area contributed by atoms with Crippen molar-refractivity contribution in [3.05, 3.63) is 65.9 Å². The lowest BCUT2D eigenvalue weighted by molar-refractivity contribution is -0.126. The standard InChI is InChI=1S/C21H21N3O2/c1-14-12-15-6-2-5-9-19(15)24(14)11-10-22-21(26)17-13-20(25)23-18-8-4-3-7-16(17)18/h2-9,12,17H,10-11,13H2,1H3,(H,22,26)(H,23,25). The maximum atomic E-state index is 12.7. The van der Waals surface area contributed by atoms with Crippen LogP contribution in [-0.2, 0) is 16.1 Å². The Morgan fingerprint density at radius 3 is 2.85 bits per heavy atom. The lowest BCUT2D eigenvalue weighted by Gasteiger charge is -2.24. The van der Waals surface area contributed by atoms with Crippen molar-refractivity contribution < 1.29 is 9.59 Å². The van der Waals surface area contributed by atoms with Gasteiger partial charge in [-0.3, -0.25) is 9.59 Å². The predicted octanol–water partition coefficient (Wildman–Crippen LogP) is 3.19. The fourth-order valence-corrected chi connectivity index (χ4v) is 3.70. The van der Waals surface area contributed by atoms with Gasteiger partial charge >= 0.3 is 0 Å². The second-order valence-corrected chi connectivity index (χ2v) is 6.68. The van der Waals surface area contributed by atoms with E-state index in [1.165, 1.54) is 16.6 Å². The highest BCUT2D eigenvalue weighted by atomic mass is 16.2. The van der Waals surface area contributed by atoms with Gasteiger partial charge < -0.3 is 15.2 Å². The molecule has 0 bridgehead atoms. The molecule has 0 fully saturated rings. The first-order chi connectivity index (χ1) is 12.6. The Labute approximate surface area is 152 Å². The lowest BCUT2D eigenvalue weighted by Crippen LogP contribution is -2.36. The first-order valence-electron chi connectivity index (χ1n) is 8.85. The minimum atomic E-state index is -0.428. The Morgan fingerprint density at radius 1 is 1.19 bits per heavy atom. The van der Waals surface area contributed by atoms with E-state index in [4.69, 9.17) is 0 Å². The number of aromatic nitrogens is 1. The molecular formula is C21H21N3O2. The quantitative estimate of drug-likeness (QED) is 0.761. The molecule has 0 radical (unpaired) electrons. The summed E-state index contributed by atoms with van der Waals surface area (Å²) >= 11 is 0. The fourth-order valence-electron chi connectivity index (χ4n) is 3.70. The smallest absolute Gasteiger partial charge is 0.228 e. The monoisotopic (exact) mass is 347 g/mol. The van der Waals surface area contributed by atoms with Crippen LogP contribution in [0.1, 0.15) is 23.6 Å². The van der Waals surface area contributed by atoms with E-state index in [0.29, 0.717) is 13.1 Å². The zero-order valence-electron chi connectivity index (χ0n) is 14.7. The van der Waals surface area contributed by atoms with Gasteiger partial charge in [0.25, 0.3) is 0 Å². The van der Waals surface area contributed by atoms with Crippen LogP contribution in [0.4, 0.5) is 5.69 Å². The molecule has 2 amide bonds. The second-order valence-electron chi connectivity index (χ2n) is 6.68. The van der Waals surface area contributed by atoms with Crippen LogP contribution in [-0.4, -0.2) is 22.9 Å². The SMILES string of the molecule is Cc1cc2ccccc2n1CCNC(=O)C1CC(=O)Nc2ccccc21. The van der Waals surface area contributed by atoms with Crippen molar-refractivity contribution in [3.63, 3.8) is 0 Å². The van der Waals surface area contributed by atoms with Crippen LogP contribution >= 0.6 is 0 Å². The van der Waals surface area contributed by atoms with Crippen LogP contribution in [0.15, 0.2) is 54.6 Å². The van der Waals surface area contributed by atoms with Crippen molar-refractivity contribution in [3.8, 4) is 0 Å². The van der Waals surface area contributed by atoms with Gasteiger partial charge in [0, 0.05) is 36.4 Å². The summed E-state index contributed by atoms with van der Waals surface area (Å²) in [4.78, 5) is 24.6. The van der Waals surface area contributed by atoms with Crippen molar-refractivity contribution in [2.45, 2.75) is 25.8 Å². The van der Waals surface area contributed by atoms with Gasteiger partial charge in [0.2, 0.25) is 11.8 Å². The molecule has 3 aromatic rings. The Balaban J connectivity index is 1.46. The Morgan fingerprint density at radius 2 is 1.96 bits per heavy atom. The van der Waals surface area contributed by atoms with Crippen LogP contribution in [0, 0.1) is 6.92 Å². The number of aryl methyl sites for hydroxylation is 1. The number of carbonyl (C=O) groups is 2. The molecule has 2 aromatic carbocycles. The number of carbonyl (C=O) groups excluding carboxylic acids is 2. The molecule has 1 aromatic heterocycles. The zero-order valence-corrected chi connectivity index (χ0v) is 14.7. The summed E-state index contributed by atoms with van der Waals surface area (Å²) in [6.07, 6.45) is 0.189. The van der Waals surface area contributed by atoms with E-state index in [1.807, 2.05) is 36.4 Å². The Hall–Kier alpha value is -3.08. The Kier molecular flexibility index (Phi) is 4.21. The van der Waals surface area contributed by atoms with Crippen molar-refractivity contribution in [2.75, 3.05) is 11.9 Å². The maximum absolute atomic E-state index is 12.7. The number of amides is 2. The third kappa shape index (κ3) is 2.96. The zero-order chi connectivity index (χ0) is 18.1. The van der Waals surface area contributed by atoms with E-state index in [0.717, 1.165) is 11.3 Å². The molecule has 0 saturated heterocycles. The average Bonchev–Trinajstić information content (AvgIpc) is 2.96. The third-order valence-electron chi connectivity index (χ3n) is 4.97. The molecule has 1 atom stereocenters. The summed E-state index contributed by atoms with van der Waals surface area (Å²) in [5.41, 5.74) is 3.95. The number of nitrogens with zero attached hydrogens (tertiary/aromatic N) is 1. The van der Waals surface area contributed by atoms with Crippen molar-refractivity contribution >= 4 is 28.4 Å². The summed E-state index contributed by atoms with van der Waals surface area (Å²) < 4.78 is 2.21. The molecule has 26 heavy (non-hydrogen) atoms. The van der Waals surface area contributed by atoms with E-state index >= 15 is 0 Å². The third-order valence-corrected chi connectivity index (χ3v) is 4.97. The number of anilines is 1. The van der Waals surface area contributed by atoms with Crippen LogP contribution < -0.4 is 10.6 Å². The molecule has 5 heteroatoms. The summed E-state index contributed by atoms with van der Waals surface area (Å²) in [7, 11) is 0. The van der Waals surface area contributed by atoms with E-state index < -0.39 is 5.92 Å². The van der Waals surface area contributed by atoms with Gasteiger partial charge in [-0.25, -0.2) is 0 Å². The molecule has 1 aliphatic rings. The van der Waals surface area contributed by atoms with E-state index in [2.05, 4.69) is 40.3 Å². The van der Waals surface area contributed by atoms with Gasteiger partial charge in [-0.2, -0.15) is 0 Å². The highest BCUT2D eigenvalue weighted by molar-refractivity contribution is 6.01. The summed E-state index contributed by atoms with van der Waals surface area (Å²) in [6, 6.07) is 17.9. The highest BCUT2D eigenvalue weighted by Gasteiger charge is 2.30. The molecule has 132 valence electrons. The minimum Gasteiger partial charge on any atom is -0.354 e. The molecule has 5 nitrogen and oxygen atoms in total. The van der Waals surface area contributed by atoms with Gasteiger partial charge in [0.1, 0.15) is 0 Å². The largest absolute Gasteiger partial charge is 0.354 e. The topological polar surface area (TPSA) is 63.1 Å². The molecule has 2 heterocycles. The first kappa shape index (κ1) is 16.4. The van der Waals surface area contributed by atoms with Gasteiger partial charge in [-0.05, 0) is 36.1 Å². The van der Waals surface area contributed by atoms with Gasteiger partial charge in [0.15, 0.2) is 0 Å². The number of hydrogen-bond acceptors (Lipinski definition) is 2. The van der Waals surface area contributed by atoms with Crippen LogP contribution in [0.2, 0.25) is 0 Å². The van der Waals surface area contributed by atoms with Crippen molar-refractivity contribution in [1.82, 2.24) is 9.88 Å². The number of rotatable bonds is 4. The van der Waals surface area contributed by atoms with Crippen LogP contribution in [0.3, 0.4) is 0 Å². The van der Waals surface area contributed by atoms with E-state index in [-0.39, 0.29) is 18.2 Å². The first-order valence-corrected chi connectivity index (χ1v) is 8.85. The Bertz CT molecular complexity index is 990. The number of fused-ring (bicyclic) bond motifs is 2. The molecule has 4 rings (SSSR count). The number of hydrogen-bond donors (Lipinski definition) is 2. The van der Waals surface area contributed by atoms with Gasteiger partial charge in [-0.15, -0.1) is 0 Å². The van der Waals surface area contributed by atoms with Gasteiger partial charge in [-0.1, -0.05) is 36.4 Å². The molecule has 2 N–H and O–H groups in total. The van der Waals surface area contributed by atoms with Crippen molar-refractivity contribution in [2.24, 2.45) is 0 Å². The lowest BCUT2D eigenvalue weighted by atomic mass is 9.90. The maximum Gasteiger partial charge on any atom is 0.228 e. The molecule has 1 unspecified atom stereocenters. The summed E-state index contributed by atoms with van der Waals surface area (Å²) in [6.45, 7) is 3.30. The average molecular weight is 347 g/mol. The van der Waals surface area contributed by atoms with Gasteiger partial charge in [0.05, 0.1) is 5.92 Å². The van der Waals surface area contributed by atoms with E-state index in [9.17, 15) is 9.59 Å². The van der Waals surface area contributed by atoms with Crippen molar-refractivity contribution in [1.29, 1.82) is 0 Å². The fraction of sp³-hybridized carbons (Fsp3) is 0.238. The molecule has 0 spiro atoms. The molecule has 1 aliphatic heterocycles. The highest BCUT2D eigenvalue weighted by Crippen LogP contribution is 2.31. The normalized spacial score (nSPS) is 16.2. The minimum absolute atomic E-state index is 0.0959. The summed E-state index contributed by atoms with van der Waals surface area (Å²) in [5, 5.41) is 7.03. The summed E-state index contributed by atoms with van der Waals surface area (Å²) in [5.74, 6) is -0.639. The number of benzene rings is 2. The van der Waals surface area contributed by atoms with Crippen LogP contribution in [0.25, 0.3) is 10.9 Å². The second kappa shape index (κ2) is 6.67. The van der Waals surface area contributed by atoms with E-state index in [1.54, 1.807) is 0 Å². The number of para-hydroxylation sites is 2. The molecular weight excluding hydrogens is 326 g/mol. The predicted molar refractivity (Wildman–Crippen MR) is 102 cm³/mol. The van der Waals surface area contributed by atoms with Crippen LogP contribution in [0.5, 0.6) is 0 Å². The molecule has 0 saturated carbocycles. The number of nitrogens with one attached hydrogen (secondary N) is 2. The molecule has 0 aliphatic carbocycles.